The molecule has 1 aliphatic heterocycles. The Morgan fingerprint density at radius 1 is 1.43 bits per heavy atom. The molecule has 2 heterocycles. The van der Waals surface area contributed by atoms with E-state index in [2.05, 4.69) is 49.7 Å². The Labute approximate surface area is 123 Å². The highest BCUT2D eigenvalue weighted by Crippen LogP contribution is 2.27. The zero-order valence-electron chi connectivity index (χ0n) is 12.1. The van der Waals surface area contributed by atoms with Crippen LogP contribution in [0.1, 0.15) is 28.4 Å². The lowest BCUT2D eigenvalue weighted by Crippen LogP contribution is -2.29. The van der Waals surface area contributed by atoms with Gasteiger partial charge in [-0.3, -0.25) is 9.89 Å². The smallest absolute Gasteiger partial charge is 0.290 e. The van der Waals surface area contributed by atoms with Crippen LogP contribution in [0.25, 0.3) is 0 Å². The van der Waals surface area contributed by atoms with Gasteiger partial charge < -0.3 is 10.2 Å². The summed E-state index contributed by atoms with van der Waals surface area (Å²) in [5.74, 6) is 0.633. The van der Waals surface area contributed by atoms with Crippen LogP contribution < -0.4 is 10.2 Å². The number of nitrogens with one attached hydrogen (secondary N) is 2. The molecule has 0 bridgehead atoms. The van der Waals surface area contributed by atoms with Crippen LogP contribution >= 0.6 is 0 Å². The number of H-pyrrole nitrogens is 1. The molecular weight excluding hydrogens is 266 g/mol. The monoisotopic (exact) mass is 285 g/mol. The van der Waals surface area contributed by atoms with Gasteiger partial charge in [0.15, 0.2) is 0 Å². The second-order valence-electron chi connectivity index (χ2n) is 5.22. The number of aromatic amines is 1. The summed E-state index contributed by atoms with van der Waals surface area (Å²) >= 11 is 0. The maximum Gasteiger partial charge on any atom is 0.290 e. The number of fused-ring (bicyclic) bond motifs is 1. The van der Waals surface area contributed by atoms with E-state index in [1.807, 2.05) is 0 Å². The minimum absolute atomic E-state index is 0.207. The minimum atomic E-state index is -0.221. The van der Waals surface area contributed by atoms with Crippen molar-refractivity contribution in [2.24, 2.45) is 0 Å². The lowest BCUT2D eigenvalue weighted by molar-refractivity contribution is 0.0943. The summed E-state index contributed by atoms with van der Waals surface area (Å²) in [5.41, 5.74) is 2.74. The molecule has 0 atom stereocenters. The van der Waals surface area contributed by atoms with Crippen molar-refractivity contribution >= 4 is 11.6 Å². The Hall–Kier alpha value is -2.37. The van der Waals surface area contributed by atoms with Crippen molar-refractivity contribution in [2.75, 3.05) is 24.5 Å². The number of rotatable bonds is 5. The van der Waals surface area contributed by atoms with Crippen LogP contribution in [0.3, 0.4) is 0 Å². The second kappa shape index (κ2) is 5.95. The highest BCUT2D eigenvalue weighted by atomic mass is 16.2. The van der Waals surface area contributed by atoms with Crippen LogP contribution in [0.2, 0.25) is 0 Å². The fourth-order valence-electron chi connectivity index (χ4n) is 2.63. The number of benzene rings is 1. The predicted molar refractivity (Wildman–Crippen MR) is 80.4 cm³/mol. The molecule has 0 radical (unpaired) electrons. The average Bonchev–Trinajstić information content (AvgIpc) is 3.10. The zero-order valence-corrected chi connectivity index (χ0v) is 12.1. The van der Waals surface area contributed by atoms with E-state index in [1.54, 1.807) is 6.92 Å². The van der Waals surface area contributed by atoms with Gasteiger partial charge in [0, 0.05) is 25.3 Å². The molecule has 110 valence electrons. The molecule has 0 fully saturated rings. The first kappa shape index (κ1) is 13.6. The Morgan fingerprint density at radius 2 is 2.29 bits per heavy atom. The predicted octanol–water partition coefficient (Wildman–Crippen LogP) is 1.30. The minimum Gasteiger partial charge on any atom is -0.371 e. The molecule has 1 amide bonds. The molecule has 0 aliphatic carbocycles. The summed E-state index contributed by atoms with van der Waals surface area (Å²) in [6.07, 6.45) is 2.02. The number of aromatic nitrogens is 3. The topological polar surface area (TPSA) is 73.9 Å². The van der Waals surface area contributed by atoms with Gasteiger partial charge in [0.05, 0.1) is 0 Å². The van der Waals surface area contributed by atoms with Crippen molar-refractivity contribution in [3.8, 4) is 0 Å². The number of carbonyl (C=O) groups excluding carboxylic acids is 1. The molecule has 2 N–H and O–H groups in total. The van der Waals surface area contributed by atoms with Crippen LogP contribution in [0.15, 0.2) is 24.3 Å². The van der Waals surface area contributed by atoms with E-state index in [1.165, 1.54) is 11.3 Å². The standard InChI is InChI=1S/C15H19N5O/c1-11-17-14(19-18-11)15(21)16-8-4-9-20-10-7-12-5-2-3-6-13(12)20/h2-3,5-6H,4,7-10H2,1H3,(H,16,21)(H,17,18,19). The number of amides is 1. The highest BCUT2D eigenvalue weighted by Gasteiger charge is 2.17. The molecule has 0 unspecified atom stereocenters. The Kier molecular flexibility index (Phi) is 3.85. The van der Waals surface area contributed by atoms with E-state index in [9.17, 15) is 4.79 Å². The van der Waals surface area contributed by atoms with Crippen LogP contribution in [-0.4, -0.2) is 40.7 Å². The molecule has 1 aromatic carbocycles. The first-order valence-electron chi connectivity index (χ1n) is 7.24. The van der Waals surface area contributed by atoms with Gasteiger partial charge in [0.2, 0.25) is 5.82 Å². The number of hydrogen-bond acceptors (Lipinski definition) is 4. The van der Waals surface area contributed by atoms with Crippen molar-refractivity contribution in [1.82, 2.24) is 20.5 Å². The summed E-state index contributed by atoms with van der Waals surface area (Å²) in [7, 11) is 0. The van der Waals surface area contributed by atoms with E-state index in [0.29, 0.717) is 12.4 Å². The first-order valence-corrected chi connectivity index (χ1v) is 7.24. The number of carbonyl (C=O) groups is 1. The molecule has 21 heavy (non-hydrogen) atoms. The normalized spacial score (nSPS) is 13.3. The van der Waals surface area contributed by atoms with Crippen molar-refractivity contribution in [3.63, 3.8) is 0 Å². The first-order chi connectivity index (χ1) is 10.2. The molecule has 0 spiro atoms. The van der Waals surface area contributed by atoms with Gasteiger partial charge in [-0.15, -0.1) is 5.10 Å². The fraction of sp³-hybridized carbons (Fsp3) is 0.400. The zero-order chi connectivity index (χ0) is 14.7. The van der Waals surface area contributed by atoms with E-state index < -0.39 is 0 Å². The molecule has 0 saturated carbocycles. The van der Waals surface area contributed by atoms with E-state index in [-0.39, 0.29) is 11.7 Å². The quantitative estimate of drug-likeness (QED) is 0.812. The van der Waals surface area contributed by atoms with E-state index in [0.717, 1.165) is 25.9 Å². The number of nitrogens with zero attached hydrogens (tertiary/aromatic N) is 3. The summed E-state index contributed by atoms with van der Waals surface area (Å²) in [5, 5.41) is 9.36. The Bertz CT molecular complexity index is 636. The van der Waals surface area contributed by atoms with Gasteiger partial charge in [-0.2, -0.15) is 0 Å². The lowest BCUT2D eigenvalue weighted by Gasteiger charge is -2.19. The van der Waals surface area contributed by atoms with Gasteiger partial charge in [0.1, 0.15) is 5.82 Å². The van der Waals surface area contributed by atoms with Crippen molar-refractivity contribution in [2.45, 2.75) is 19.8 Å². The van der Waals surface area contributed by atoms with Gasteiger partial charge in [0.25, 0.3) is 5.91 Å². The van der Waals surface area contributed by atoms with Gasteiger partial charge >= 0.3 is 0 Å². The fourth-order valence-corrected chi connectivity index (χ4v) is 2.63. The van der Waals surface area contributed by atoms with E-state index >= 15 is 0 Å². The molecular formula is C15H19N5O. The van der Waals surface area contributed by atoms with Crippen molar-refractivity contribution in [3.05, 3.63) is 41.5 Å². The summed E-state index contributed by atoms with van der Waals surface area (Å²) in [6.45, 7) is 4.41. The number of aryl methyl sites for hydroxylation is 1. The third kappa shape index (κ3) is 3.04. The highest BCUT2D eigenvalue weighted by molar-refractivity contribution is 5.90. The van der Waals surface area contributed by atoms with Crippen molar-refractivity contribution < 1.29 is 4.79 Å². The van der Waals surface area contributed by atoms with Gasteiger partial charge in [-0.05, 0) is 31.4 Å². The molecule has 1 aromatic heterocycles. The number of anilines is 1. The SMILES string of the molecule is Cc1nc(C(=O)NCCCN2CCc3ccccc32)n[nH]1. The molecule has 6 nitrogen and oxygen atoms in total. The molecule has 6 heteroatoms. The van der Waals surface area contributed by atoms with Crippen LogP contribution in [0.5, 0.6) is 0 Å². The summed E-state index contributed by atoms with van der Waals surface area (Å²) < 4.78 is 0. The number of hydrogen-bond donors (Lipinski definition) is 2. The third-order valence-corrected chi connectivity index (χ3v) is 3.67. The largest absolute Gasteiger partial charge is 0.371 e. The molecule has 2 aromatic rings. The van der Waals surface area contributed by atoms with Crippen LogP contribution in [0, 0.1) is 6.92 Å². The summed E-state index contributed by atoms with van der Waals surface area (Å²) in [4.78, 5) is 18.2. The van der Waals surface area contributed by atoms with Crippen LogP contribution in [-0.2, 0) is 6.42 Å². The summed E-state index contributed by atoms with van der Waals surface area (Å²) in [6, 6.07) is 8.51. The Balaban J connectivity index is 1.44. The van der Waals surface area contributed by atoms with E-state index in [4.69, 9.17) is 0 Å². The maximum absolute atomic E-state index is 11.8. The molecule has 3 rings (SSSR count). The Morgan fingerprint density at radius 3 is 3.10 bits per heavy atom. The van der Waals surface area contributed by atoms with Gasteiger partial charge in [-0.1, -0.05) is 18.2 Å². The average molecular weight is 285 g/mol. The second-order valence-corrected chi connectivity index (χ2v) is 5.22. The third-order valence-electron chi connectivity index (χ3n) is 3.67. The molecule has 0 saturated heterocycles. The number of para-hydroxylation sites is 1. The van der Waals surface area contributed by atoms with Crippen LogP contribution in [0.4, 0.5) is 5.69 Å². The molecule has 1 aliphatic rings. The maximum atomic E-state index is 11.8. The van der Waals surface area contributed by atoms with Crippen molar-refractivity contribution in [1.29, 1.82) is 0 Å². The lowest BCUT2D eigenvalue weighted by atomic mass is 10.2. The van der Waals surface area contributed by atoms with Gasteiger partial charge in [-0.25, -0.2) is 4.98 Å².